The third-order valence-electron chi connectivity index (χ3n) is 3.80. The Hall–Kier alpha value is -3.81. The SMILES string of the molecule is CCOc1cc(/C=C(/C(=O)O[C@@H](C)C(=O)NC(N)=O)c2ccccc2)ccc1O. The van der Waals surface area contributed by atoms with Crippen molar-refractivity contribution in [1.29, 1.82) is 0 Å². The van der Waals surface area contributed by atoms with Crippen LogP contribution < -0.4 is 15.8 Å². The molecule has 0 aliphatic carbocycles. The molecule has 8 heteroatoms. The van der Waals surface area contributed by atoms with E-state index < -0.39 is 24.0 Å². The van der Waals surface area contributed by atoms with E-state index in [0.29, 0.717) is 17.7 Å². The summed E-state index contributed by atoms with van der Waals surface area (Å²) in [6.45, 7) is 3.47. The molecule has 152 valence electrons. The third kappa shape index (κ3) is 6.10. The zero-order valence-corrected chi connectivity index (χ0v) is 16.0. The summed E-state index contributed by atoms with van der Waals surface area (Å²) >= 11 is 0. The molecule has 0 fully saturated rings. The first-order chi connectivity index (χ1) is 13.8. The molecule has 0 saturated carbocycles. The van der Waals surface area contributed by atoms with Crippen molar-refractivity contribution >= 4 is 29.6 Å². The number of hydrogen-bond acceptors (Lipinski definition) is 6. The van der Waals surface area contributed by atoms with Crippen LogP contribution in [0, 0.1) is 0 Å². The number of imide groups is 1. The number of carbonyl (C=O) groups is 3. The van der Waals surface area contributed by atoms with E-state index in [-0.39, 0.29) is 17.1 Å². The molecule has 4 N–H and O–H groups in total. The Morgan fingerprint density at radius 1 is 1.17 bits per heavy atom. The van der Waals surface area contributed by atoms with Crippen LogP contribution in [-0.2, 0) is 14.3 Å². The maximum Gasteiger partial charge on any atom is 0.339 e. The first kappa shape index (κ1) is 21.5. The Balaban J connectivity index is 2.37. The molecule has 0 heterocycles. The second-order valence-corrected chi connectivity index (χ2v) is 5.99. The Morgan fingerprint density at radius 3 is 2.48 bits per heavy atom. The molecule has 0 aromatic heterocycles. The predicted octanol–water partition coefficient (Wildman–Crippen LogP) is 2.46. The highest BCUT2D eigenvalue weighted by atomic mass is 16.5. The molecule has 2 aromatic rings. The van der Waals surface area contributed by atoms with Crippen LogP contribution in [0.25, 0.3) is 11.6 Å². The highest BCUT2D eigenvalue weighted by Gasteiger charge is 2.22. The fourth-order valence-corrected chi connectivity index (χ4v) is 2.44. The number of rotatable bonds is 7. The molecule has 0 bridgehead atoms. The quantitative estimate of drug-likeness (QED) is 0.373. The number of primary amides is 1. The van der Waals surface area contributed by atoms with Crippen LogP contribution in [0.15, 0.2) is 48.5 Å². The van der Waals surface area contributed by atoms with Gasteiger partial charge in [-0.3, -0.25) is 10.1 Å². The summed E-state index contributed by atoms with van der Waals surface area (Å²) in [5.74, 6) is -1.35. The van der Waals surface area contributed by atoms with Crippen molar-refractivity contribution in [3.8, 4) is 11.5 Å². The Kier molecular flexibility index (Phi) is 7.36. The van der Waals surface area contributed by atoms with Crippen molar-refractivity contribution < 1.29 is 29.0 Å². The molecule has 0 spiro atoms. The number of hydrogen-bond donors (Lipinski definition) is 3. The van der Waals surface area contributed by atoms with Gasteiger partial charge in [0.15, 0.2) is 17.6 Å². The molecule has 0 aliphatic rings. The van der Waals surface area contributed by atoms with Crippen molar-refractivity contribution in [1.82, 2.24) is 5.32 Å². The summed E-state index contributed by atoms with van der Waals surface area (Å²) < 4.78 is 10.6. The minimum atomic E-state index is -1.24. The standard InChI is InChI=1S/C21H22N2O6/c1-3-28-18-12-14(9-10-17(18)24)11-16(15-7-5-4-6-8-15)20(26)29-13(2)19(25)23-21(22)27/h4-13,24H,3H2,1-2H3,(H3,22,23,25,27)/b16-11+/t13-/m0/s1. The number of phenolic OH excluding ortho intramolecular Hbond substituents is 1. The average molecular weight is 398 g/mol. The number of carbonyl (C=O) groups excluding carboxylic acids is 3. The molecular formula is C21H22N2O6. The highest BCUT2D eigenvalue weighted by molar-refractivity contribution is 6.22. The van der Waals surface area contributed by atoms with E-state index in [2.05, 4.69) is 0 Å². The van der Waals surface area contributed by atoms with E-state index >= 15 is 0 Å². The lowest BCUT2D eigenvalue weighted by Crippen LogP contribution is -2.42. The second-order valence-electron chi connectivity index (χ2n) is 5.99. The van der Waals surface area contributed by atoms with Gasteiger partial charge >= 0.3 is 12.0 Å². The monoisotopic (exact) mass is 398 g/mol. The van der Waals surface area contributed by atoms with E-state index in [1.54, 1.807) is 55.5 Å². The van der Waals surface area contributed by atoms with Crippen LogP contribution in [0.2, 0.25) is 0 Å². The van der Waals surface area contributed by atoms with Gasteiger partial charge in [0.05, 0.1) is 12.2 Å². The van der Waals surface area contributed by atoms with Gasteiger partial charge in [-0.25, -0.2) is 9.59 Å². The second kappa shape index (κ2) is 9.93. The molecule has 0 saturated heterocycles. The van der Waals surface area contributed by atoms with Gasteiger partial charge in [-0.05, 0) is 43.2 Å². The summed E-state index contributed by atoms with van der Waals surface area (Å²) in [4.78, 5) is 35.4. The number of nitrogens with two attached hydrogens (primary N) is 1. The zero-order chi connectivity index (χ0) is 21.4. The summed E-state index contributed by atoms with van der Waals surface area (Å²) in [7, 11) is 0. The van der Waals surface area contributed by atoms with Crippen LogP contribution >= 0.6 is 0 Å². The van der Waals surface area contributed by atoms with Gasteiger partial charge in [0.2, 0.25) is 0 Å². The zero-order valence-electron chi connectivity index (χ0n) is 16.0. The van der Waals surface area contributed by atoms with Crippen LogP contribution in [0.3, 0.4) is 0 Å². The number of nitrogens with one attached hydrogen (secondary N) is 1. The summed E-state index contributed by atoms with van der Waals surface area (Å²) in [5.41, 5.74) is 6.23. The summed E-state index contributed by atoms with van der Waals surface area (Å²) in [5, 5.41) is 11.7. The first-order valence-electron chi connectivity index (χ1n) is 8.86. The normalized spacial score (nSPS) is 12.0. The molecule has 2 aromatic carbocycles. The molecule has 0 unspecified atom stereocenters. The molecule has 8 nitrogen and oxygen atoms in total. The van der Waals surface area contributed by atoms with Gasteiger partial charge in [0, 0.05) is 0 Å². The van der Waals surface area contributed by atoms with E-state index in [1.807, 2.05) is 5.32 Å². The highest BCUT2D eigenvalue weighted by Crippen LogP contribution is 2.29. The Labute approximate surface area is 167 Å². The first-order valence-corrected chi connectivity index (χ1v) is 8.86. The van der Waals surface area contributed by atoms with Crippen molar-refractivity contribution in [2.24, 2.45) is 5.73 Å². The third-order valence-corrected chi connectivity index (χ3v) is 3.80. The maximum atomic E-state index is 12.8. The number of urea groups is 1. The van der Waals surface area contributed by atoms with E-state index in [4.69, 9.17) is 15.2 Å². The number of benzene rings is 2. The molecular weight excluding hydrogens is 376 g/mol. The molecule has 0 aliphatic heterocycles. The number of amides is 3. The van der Waals surface area contributed by atoms with E-state index in [0.717, 1.165) is 0 Å². The van der Waals surface area contributed by atoms with Crippen LogP contribution in [0.1, 0.15) is 25.0 Å². The van der Waals surface area contributed by atoms with Gasteiger partial charge in [0.1, 0.15) is 0 Å². The topological polar surface area (TPSA) is 128 Å². The van der Waals surface area contributed by atoms with Crippen molar-refractivity contribution in [3.05, 3.63) is 59.7 Å². The number of phenols is 1. The number of esters is 1. The minimum Gasteiger partial charge on any atom is -0.504 e. The van der Waals surface area contributed by atoms with Gasteiger partial charge in [-0.15, -0.1) is 0 Å². The molecule has 29 heavy (non-hydrogen) atoms. The smallest absolute Gasteiger partial charge is 0.339 e. The van der Waals surface area contributed by atoms with Crippen molar-refractivity contribution in [2.75, 3.05) is 6.61 Å². The molecule has 1 atom stereocenters. The largest absolute Gasteiger partial charge is 0.504 e. The molecule has 0 radical (unpaired) electrons. The maximum absolute atomic E-state index is 12.8. The fourth-order valence-electron chi connectivity index (χ4n) is 2.44. The summed E-state index contributed by atoms with van der Waals surface area (Å²) in [6.07, 6.45) is 0.319. The Morgan fingerprint density at radius 2 is 1.86 bits per heavy atom. The van der Waals surface area contributed by atoms with Gasteiger partial charge in [0.25, 0.3) is 5.91 Å². The number of aromatic hydroxyl groups is 1. The van der Waals surface area contributed by atoms with E-state index in [9.17, 15) is 19.5 Å². The van der Waals surface area contributed by atoms with Gasteiger partial charge < -0.3 is 20.3 Å². The lowest BCUT2D eigenvalue weighted by Gasteiger charge is -2.14. The minimum absolute atomic E-state index is 0.0235. The van der Waals surface area contributed by atoms with E-state index in [1.165, 1.54) is 13.0 Å². The Bertz CT molecular complexity index is 924. The van der Waals surface area contributed by atoms with Gasteiger partial charge in [-0.2, -0.15) is 0 Å². The lowest BCUT2D eigenvalue weighted by atomic mass is 10.0. The van der Waals surface area contributed by atoms with Crippen molar-refractivity contribution in [2.45, 2.75) is 20.0 Å². The van der Waals surface area contributed by atoms with Crippen LogP contribution in [0.4, 0.5) is 4.79 Å². The predicted molar refractivity (Wildman–Crippen MR) is 107 cm³/mol. The van der Waals surface area contributed by atoms with Crippen LogP contribution in [-0.4, -0.2) is 35.7 Å². The van der Waals surface area contributed by atoms with Gasteiger partial charge in [-0.1, -0.05) is 36.4 Å². The average Bonchev–Trinajstić information content (AvgIpc) is 2.68. The number of ether oxygens (including phenoxy) is 2. The fraction of sp³-hybridized carbons (Fsp3) is 0.190. The lowest BCUT2D eigenvalue weighted by molar-refractivity contribution is -0.148. The summed E-state index contributed by atoms with van der Waals surface area (Å²) in [6, 6.07) is 12.3. The molecule has 3 amide bonds. The van der Waals surface area contributed by atoms with Crippen LogP contribution in [0.5, 0.6) is 11.5 Å². The molecule has 2 rings (SSSR count). The van der Waals surface area contributed by atoms with Crippen molar-refractivity contribution in [3.63, 3.8) is 0 Å².